The first-order valence-corrected chi connectivity index (χ1v) is 14.5. The zero-order valence-electron chi connectivity index (χ0n) is 24.6. The van der Waals surface area contributed by atoms with Gasteiger partial charge in [-0.15, -0.1) is 4.80 Å². The van der Waals surface area contributed by atoms with Gasteiger partial charge in [0.25, 0.3) is 5.56 Å². The lowest BCUT2D eigenvalue weighted by atomic mass is 10.0. The van der Waals surface area contributed by atoms with Crippen molar-refractivity contribution in [3.63, 3.8) is 0 Å². The number of aryl methyl sites for hydroxylation is 1. The number of methoxy groups -OCH3 is 2. The predicted octanol–water partition coefficient (Wildman–Crippen LogP) is 4.23. The van der Waals surface area contributed by atoms with E-state index in [0.717, 1.165) is 4.57 Å². The van der Waals surface area contributed by atoms with E-state index < -0.39 is 29.2 Å². The summed E-state index contributed by atoms with van der Waals surface area (Å²) >= 11 is 1.18. The van der Waals surface area contributed by atoms with E-state index >= 15 is 0 Å². The van der Waals surface area contributed by atoms with Crippen molar-refractivity contribution >= 4 is 27.3 Å². The van der Waals surface area contributed by atoms with Gasteiger partial charge in [0, 0.05) is 24.7 Å². The number of ether oxygens (including phenoxy) is 3. The normalized spacial score (nSPS) is 13.1. The van der Waals surface area contributed by atoms with Crippen LogP contribution in [0.1, 0.15) is 56.9 Å². The second-order valence-electron chi connectivity index (χ2n) is 10.4. The zero-order valence-corrected chi connectivity index (χ0v) is 25.4. The Morgan fingerprint density at radius 2 is 1.81 bits per heavy atom. The van der Waals surface area contributed by atoms with Crippen LogP contribution < -0.4 is 16.0 Å². The third kappa shape index (κ3) is 6.37. The van der Waals surface area contributed by atoms with Crippen molar-refractivity contribution in [1.82, 2.24) is 24.1 Å². The summed E-state index contributed by atoms with van der Waals surface area (Å²) < 4.78 is 33.6. The molecule has 3 heterocycles. The van der Waals surface area contributed by atoms with Gasteiger partial charge in [-0.2, -0.15) is 10.2 Å². The smallest absolute Gasteiger partial charge is 0.332 e. The molecule has 3 aromatic heterocycles. The number of halogens is 1. The van der Waals surface area contributed by atoms with E-state index in [4.69, 9.17) is 14.2 Å². The molecule has 0 aliphatic carbocycles. The quantitative estimate of drug-likeness (QED) is 0.197. The Morgan fingerprint density at radius 3 is 2.45 bits per heavy atom. The van der Waals surface area contributed by atoms with Crippen LogP contribution in [0, 0.1) is 18.7 Å². The number of aromatic nitrogens is 5. The summed E-state index contributed by atoms with van der Waals surface area (Å²) in [5.74, 6) is -0.0590. The van der Waals surface area contributed by atoms with E-state index in [1.54, 1.807) is 13.8 Å². The molecule has 4 aromatic rings. The van der Waals surface area contributed by atoms with E-state index in [1.807, 2.05) is 13.8 Å². The summed E-state index contributed by atoms with van der Waals surface area (Å²) in [5.41, 5.74) is -0.283. The van der Waals surface area contributed by atoms with Gasteiger partial charge in [0.2, 0.25) is 0 Å². The molecule has 13 heteroatoms. The molecule has 4 rings (SSSR count). The van der Waals surface area contributed by atoms with Gasteiger partial charge < -0.3 is 14.2 Å². The van der Waals surface area contributed by atoms with Gasteiger partial charge in [-0.05, 0) is 44.4 Å². The second kappa shape index (κ2) is 13.5. The third-order valence-electron chi connectivity index (χ3n) is 7.13. The Labute approximate surface area is 246 Å². The topological polar surface area (TPSA) is 119 Å². The Balaban J connectivity index is 1.95. The molecular weight excluding hydrogens is 565 g/mol. The number of nitrogens with zero attached hydrogens (tertiary/aromatic N) is 5. The molecule has 11 nitrogen and oxygen atoms in total. The molecule has 0 aliphatic heterocycles. The molecule has 226 valence electrons. The first-order chi connectivity index (χ1) is 20.1. The van der Waals surface area contributed by atoms with Crippen molar-refractivity contribution in [2.75, 3.05) is 27.4 Å². The SMILES string of the molecule is COCCO[C@@H](Cn1c(=O)n([C@H](C)C(=O)CCC(C)C)c(=O)c2c(C)c(-n3nccn3)sc21)c1cc(F)ccc1OC. The summed E-state index contributed by atoms with van der Waals surface area (Å²) in [6.45, 7) is 7.64. The van der Waals surface area contributed by atoms with Crippen LogP contribution in [0.15, 0.2) is 40.2 Å². The average molecular weight is 602 g/mol. The number of hydrogen-bond acceptors (Lipinski definition) is 9. The summed E-state index contributed by atoms with van der Waals surface area (Å²) in [5, 5.41) is 9.25. The lowest BCUT2D eigenvalue weighted by Gasteiger charge is -2.23. The van der Waals surface area contributed by atoms with Gasteiger partial charge in [0.15, 0.2) is 5.78 Å². The minimum atomic E-state index is -0.999. The van der Waals surface area contributed by atoms with Crippen LogP contribution >= 0.6 is 11.3 Å². The molecule has 0 N–H and O–H groups in total. The minimum absolute atomic E-state index is 0.0992. The maximum absolute atomic E-state index is 14.5. The average Bonchev–Trinajstić information content (AvgIpc) is 3.61. The first kappa shape index (κ1) is 31.3. The first-order valence-electron chi connectivity index (χ1n) is 13.7. The maximum atomic E-state index is 14.5. The molecule has 0 amide bonds. The molecule has 0 unspecified atom stereocenters. The number of ketones is 1. The molecule has 0 spiro atoms. The lowest BCUT2D eigenvalue weighted by molar-refractivity contribution is -0.122. The standard InChI is InChI=1S/C29H36FN5O6S/c1-17(2)7-9-22(36)19(4)34-26(37)25-18(3)27(35-31-11-12-32-35)42-28(25)33(29(34)38)16-24(41-14-13-39-5)21-15-20(30)8-10-23(21)40-6/h8,10-12,15,17,19,24H,7,9,13-14,16H2,1-6H3/t19-,24+/m1/s1. The molecule has 0 fully saturated rings. The molecule has 0 bridgehead atoms. The van der Waals surface area contributed by atoms with Crippen LogP contribution in [-0.2, 0) is 20.8 Å². The van der Waals surface area contributed by atoms with Crippen molar-refractivity contribution in [3.8, 4) is 10.8 Å². The van der Waals surface area contributed by atoms with Crippen molar-refractivity contribution in [1.29, 1.82) is 0 Å². The third-order valence-corrected chi connectivity index (χ3v) is 8.41. The van der Waals surface area contributed by atoms with E-state index in [0.29, 0.717) is 33.1 Å². The van der Waals surface area contributed by atoms with Crippen molar-refractivity contribution in [3.05, 3.63) is 68.4 Å². The summed E-state index contributed by atoms with van der Waals surface area (Å²) in [7, 11) is 2.99. The van der Waals surface area contributed by atoms with E-state index in [1.165, 1.54) is 65.5 Å². The van der Waals surface area contributed by atoms with Crippen LogP contribution in [0.5, 0.6) is 5.75 Å². The highest BCUT2D eigenvalue weighted by molar-refractivity contribution is 7.21. The molecule has 0 radical (unpaired) electrons. The van der Waals surface area contributed by atoms with Gasteiger partial charge in [-0.25, -0.2) is 13.8 Å². The van der Waals surface area contributed by atoms with E-state index in [9.17, 15) is 18.8 Å². The Bertz CT molecular complexity index is 1660. The number of rotatable bonds is 14. The molecule has 0 saturated heterocycles. The van der Waals surface area contributed by atoms with Crippen molar-refractivity contribution in [2.24, 2.45) is 5.92 Å². The van der Waals surface area contributed by atoms with Crippen LogP contribution in [-0.4, -0.2) is 57.3 Å². The summed E-state index contributed by atoms with van der Waals surface area (Å²) in [6.07, 6.45) is 3.03. The highest BCUT2D eigenvalue weighted by Crippen LogP contribution is 2.34. The van der Waals surface area contributed by atoms with E-state index in [2.05, 4.69) is 10.2 Å². The van der Waals surface area contributed by atoms with Gasteiger partial charge in [-0.3, -0.25) is 14.2 Å². The molecule has 0 aliphatic rings. The van der Waals surface area contributed by atoms with Crippen LogP contribution in [0.4, 0.5) is 4.39 Å². The number of carbonyl (C=O) groups excluding carboxylic acids is 1. The number of Topliss-reactive ketones (excluding diaryl/α,β-unsaturated/α-hetero) is 1. The molecule has 42 heavy (non-hydrogen) atoms. The molecular formula is C29H36FN5O6S. The van der Waals surface area contributed by atoms with Gasteiger partial charge in [0.05, 0.1) is 50.7 Å². The molecule has 2 atom stereocenters. The largest absolute Gasteiger partial charge is 0.496 e. The van der Waals surface area contributed by atoms with Crippen LogP contribution in [0.3, 0.4) is 0 Å². The number of benzene rings is 1. The second-order valence-corrected chi connectivity index (χ2v) is 11.4. The molecule has 1 aromatic carbocycles. The number of hydrogen-bond donors (Lipinski definition) is 0. The fourth-order valence-electron chi connectivity index (χ4n) is 4.79. The summed E-state index contributed by atoms with van der Waals surface area (Å²) in [6, 6.07) is 3.06. The molecule has 0 saturated carbocycles. The predicted molar refractivity (Wildman–Crippen MR) is 157 cm³/mol. The highest BCUT2D eigenvalue weighted by atomic mass is 32.1. The van der Waals surface area contributed by atoms with Gasteiger partial charge >= 0.3 is 5.69 Å². The highest BCUT2D eigenvalue weighted by Gasteiger charge is 2.28. The zero-order chi connectivity index (χ0) is 30.6. The van der Waals surface area contributed by atoms with Gasteiger partial charge in [0.1, 0.15) is 27.5 Å². The fraction of sp³-hybridized carbons (Fsp3) is 0.483. The Morgan fingerprint density at radius 1 is 1.10 bits per heavy atom. The monoisotopic (exact) mass is 601 g/mol. The minimum Gasteiger partial charge on any atom is -0.496 e. The lowest BCUT2D eigenvalue weighted by Crippen LogP contribution is -2.44. The van der Waals surface area contributed by atoms with E-state index in [-0.39, 0.29) is 43.3 Å². The Hall–Kier alpha value is -3.68. The van der Waals surface area contributed by atoms with Crippen molar-refractivity contribution < 1.29 is 23.4 Å². The van der Waals surface area contributed by atoms with Crippen LogP contribution in [0.25, 0.3) is 15.2 Å². The fourth-order valence-corrected chi connectivity index (χ4v) is 6.01. The maximum Gasteiger partial charge on any atom is 0.332 e. The summed E-state index contributed by atoms with van der Waals surface area (Å²) in [4.78, 5) is 43.0. The Kier molecular flexibility index (Phi) is 10.1. The number of thiophene rings is 1. The number of carbonyl (C=O) groups is 1. The van der Waals surface area contributed by atoms with Crippen molar-refractivity contribution in [2.45, 2.75) is 59.2 Å². The van der Waals surface area contributed by atoms with Crippen LogP contribution in [0.2, 0.25) is 0 Å². The number of fused-ring (bicyclic) bond motifs is 1. The van der Waals surface area contributed by atoms with Gasteiger partial charge in [-0.1, -0.05) is 25.2 Å².